The van der Waals surface area contributed by atoms with Crippen molar-refractivity contribution in [3.63, 3.8) is 0 Å². The molecule has 100 valence electrons. The van der Waals surface area contributed by atoms with E-state index >= 15 is 0 Å². The molecule has 0 aromatic heterocycles. The first-order valence-electron chi connectivity index (χ1n) is 6.60. The van der Waals surface area contributed by atoms with E-state index < -0.39 is 0 Å². The summed E-state index contributed by atoms with van der Waals surface area (Å²) in [6.45, 7) is 2.77. The van der Waals surface area contributed by atoms with Crippen molar-refractivity contribution in [2.45, 2.75) is 19.4 Å². The third-order valence-electron chi connectivity index (χ3n) is 3.04. The molecule has 0 aliphatic rings. The van der Waals surface area contributed by atoms with Gasteiger partial charge in [-0.2, -0.15) is 0 Å². The minimum atomic E-state index is -0.00924. The predicted molar refractivity (Wildman–Crippen MR) is 80.8 cm³/mol. The lowest BCUT2D eigenvalue weighted by molar-refractivity contribution is 0.0810. The lowest BCUT2D eigenvalue weighted by Gasteiger charge is -2.19. The van der Waals surface area contributed by atoms with Gasteiger partial charge in [0.05, 0.1) is 0 Å². The molecule has 0 radical (unpaired) electrons. The predicted octanol–water partition coefficient (Wildman–Crippen LogP) is 4.73. The smallest absolute Gasteiger partial charge is 0.108 e. The van der Waals surface area contributed by atoms with Crippen LogP contribution < -0.4 is 0 Å². The monoisotopic (exact) mass is 274 g/mol. The summed E-state index contributed by atoms with van der Waals surface area (Å²) in [6.07, 6.45) is 0.863. The normalized spacial score (nSPS) is 12.3. The van der Waals surface area contributed by atoms with E-state index in [0.29, 0.717) is 12.5 Å². The molecule has 1 nitrogen and oxygen atoms in total. The van der Waals surface area contributed by atoms with Crippen LogP contribution in [-0.2, 0) is 4.74 Å². The standard InChI is InChI=1S/C17H19ClO/c1-14-8-10-16(11-9-14)17(19-13-5-12-18)15-6-3-2-4-7-15/h2-4,6-11,17H,5,12-13H2,1H3/t17-/m0/s1. The van der Waals surface area contributed by atoms with Crippen LogP contribution in [0.5, 0.6) is 0 Å². The summed E-state index contributed by atoms with van der Waals surface area (Å²) < 4.78 is 6.01. The topological polar surface area (TPSA) is 9.23 Å². The fourth-order valence-corrected chi connectivity index (χ4v) is 2.12. The summed E-state index contributed by atoms with van der Waals surface area (Å²) in [4.78, 5) is 0. The zero-order chi connectivity index (χ0) is 13.5. The second-order valence-electron chi connectivity index (χ2n) is 4.61. The lowest BCUT2D eigenvalue weighted by Crippen LogP contribution is -2.07. The van der Waals surface area contributed by atoms with E-state index in [1.807, 2.05) is 18.2 Å². The van der Waals surface area contributed by atoms with Crippen LogP contribution in [0.4, 0.5) is 0 Å². The molecule has 2 heteroatoms. The van der Waals surface area contributed by atoms with E-state index in [-0.39, 0.29) is 6.10 Å². The number of hydrogen-bond donors (Lipinski definition) is 0. The summed E-state index contributed by atoms with van der Waals surface area (Å²) in [5, 5.41) is 0. The van der Waals surface area contributed by atoms with E-state index in [2.05, 4.69) is 43.3 Å². The zero-order valence-electron chi connectivity index (χ0n) is 11.2. The van der Waals surface area contributed by atoms with Crippen molar-refractivity contribution in [2.24, 2.45) is 0 Å². The van der Waals surface area contributed by atoms with E-state index in [0.717, 1.165) is 6.42 Å². The summed E-state index contributed by atoms with van der Waals surface area (Å²) in [5.41, 5.74) is 3.63. The first kappa shape index (κ1) is 14.1. The Bertz CT molecular complexity index is 478. The van der Waals surface area contributed by atoms with Crippen LogP contribution in [-0.4, -0.2) is 12.5 Å². The number of hydrogen-bond acceptors (Lipinski definition) is 1. The number of ether oxygens (including phenoxy) is 1. The van der Waals surface area contributed by atoms with Crippen LogP contribution >= 0.6 is 11.6 Å². The maximum Gasteiger partial charge on any atom is 0.108 e. The van der Waals surface area contributed by atoms with E-state index in [1.54, 1.807) is 0 Å². The average Bonchev–Trinajstić information content (AvgIpc) is 2.46. The maximum absolute atomic E-state index is 6.01. The molecule has 0 aliphatic carbocycles. The highest BCUT2D eigenvalue weighted by Crippen LogP contribution is 2.26. The quantitative estimate of drug-likeness (QED) is 0.547. The average molecular weight is 275 g/mol. The third kappa shape index (κ3) is 4.09. The van der Waals surface area contributed by atoms with E-state index in [4.69, 9.17) is 16.3 Å². The molecule has 0 unspecified atom stereocenters. The Balaban J connectivity index is 2.21. The van der Waals surface area contributed by atoms with Gasteiger partial charge in [-0.3, -0.25) is 0 Å². The summed E-state index contributed by atoms with van der Waals surface area (Å²) in [6, 6.07) is 18.8. The summed E-state index contributed by atoms with van der Waals surface area (Å²) >= 11 is 5.72. The molecule has 2 rings (SSSR count). The first-order valence-corrected chi connectivity index (χ1v) is 7.14. The van der Waals surface area contributed by atoms with Crippen molar-refractivity contribution in [1.82, 2.24) is 0 Å². The minimum Gasteiger partial charge on any atom is -0.369 e. The molecule has 1 atom stereocenters. The molecule has 0 saturated carbocycles. The zero-order valence-corrected chi connectivity index (χ0v) is 11.9. The summed E-state index contributed by atoms with van der Waals surface area (Å²) in [5.74, 6) is 0.634. The van der Waals surface area contributed by atoms with Crippen LogP contribution in [0, 0.1) is 6.92 Å². The molecular formula is C17H19ClO. The number of rotatable bonds is 6. The van der Waals surface area contributed by atoms with Gasteiger partial charge >= 0.3 is 0 Å². The first-order chi connectivity index (χ1) is 9.31. The van der Waals surface area contributed by atoms with Crippen molar-refractivity contribution >= 4 is 11.6 Å². The Morgan fingerprint density at radius 2 is 1.58 bits per heavy atom. The van der Waals surface area contributed by atoms with Gasteiger partial charge in [-0.05, 0) is 24.5 Å². The molecule has 0 spiro atoms. The van der Waals surface area contributed by atoms with Gasteiger partial charge in [0.25, 0.3) is 0 Å². The molecule has 0 heterocycles. The van der Waals surface area contributed by atoms with Crippen molar-refractivity contribution in [1.29, 1.82) is 0 Å². The summed E-state index contributed by atoms with van der Waals surface area (Å²) in [7, 11) is 0. The second kappa shape index (κ2) is 7.32. The molecule has 0 saturated heterocycles. The molecular weight excluding hydrogens is 256 g/mol. The number of alkyl halides is 1. The Morgan fingerprint density at radius 3 is 2.21 bits per heavy atom. The largest absolute Gasteiger partial charge is 0.369 e. The van der Waals surface area contributed by atoms with Gasteiger partial charge < -0.3 is 4.74 Å². The molecule has 0 amide bonds. The van der Waals surface area contributed by atoms with Gasteiger partial charge in [0.15, 0.2) is 0 Å². The number of aryl methyl sites for hydroxylation is 1. The Kier molecular flexibility index (Phi) is 5.44. The van der Waals surface area contributed by atoms with Crippen molar-refractivity contribution in [3.8, 4) is 0 Å². The Hall–Kier alpha value is -1.31. The number of halogens is 1. The fraction of sp³-hybridized carbons (Fsp3) is 0.294. The minimum absolute atomic E-state index is 0.00924. The van der Waals surface area contributed by atoms with Gasteiger partial charge in [0.2, 0.25) is 0 Å². The molecule has 2 aromatic rings. The Labute approximate surface area is 120 Å². The molecule has 2 aromatic carbocycles. The second-order valence-corrected chi connectivity index (χ2v) is 4.99. The highest BCUT2D eigenvalue weighted by Gasteiger charge is 2.13. The van der Waals surface area contributed by atoms with Gasteiger partial charge in [-0.1, -0.05) is 60.2 Å². The van der Waals surface area contributed by atoms with Crippen molar-refractivity contribution in [3.05, 3.63) is 71.3 Å². The highest BCUT2D eigenvalue weighted by molar-refractivity contribution is 6.17. The van der Waals surface area contributed by atoms with Gasteiger partial charge in [-0.25, -0.2) is 0 Å². The molecule has 0 N–H and O–H groups in total. The lowest BCUT2D eigenvalue weighted by atomic mass is 10.0. The molecule has 0 aliphatic heterocycles. The van der Waals surface area contributed by atoms with Gasteiger partial charge in [0.1, 0.15) is 6.10 Å². The molecule has 0 fully saturated rings. The third-order valence-corrected chi connectivity index (χ3v) is 3.31. The van der Waals surface area contributed by atoms with Crippen LogP contribution in [0.2, 0.25) is 0 Å². The van der Waals surface area contributed by atoms with Crippen LogP contribution in [0.15, 0.2) is 54.6 Å². The highest BCUT2D eigenvalue weighted by atomic mass is 35.5. The van der Waals surface area contributed by atoms with Gasteiger partial charge in [-0.15, -0.1) is 11.6 Å². The fourth-order valence-electron chi connectivity index (χ4n) is 2.01. The van der Waals surface area contributed by atoms with Crippen molar-refractivity contribution < 1.29 is 4.74 Å². The van der Waals surface area contributed by atoms with Crippen LogP contribution in [0.1, 0.15) is 29.2 Å². The van der Waals surface area contributed by atoms with Crippen LogP contribution in [0.25, 0.3) is 0 Å². The van der Waals surface area contributed by atoms with Gasteiger partial charge in [0, 0.05) is 12.5 Å². The Morgan fingerprint density at radius 1 is 0.947 bits per heavy atom. The number of benzene rings is 2. The van der Waals surface area contributed by atoms with E-state index in [1.165, 1.54) is 16.7 Å². The maximum atomic E-state index is 6.01. The van der Waals surface area contributed by atoms with Crippen LogP contribution in [0.3, 0.4) is 0 Å². The van der Waals surface area contributed by atoms with E-state index in [9.17, 15) is 0 Å². The SMILES string of the molecule is Cc1ccc([C@@H](OCCCCl)c2ccccc2)cc1. The molecule has 0 bridgehead atoms. The molecule has 19 heavy (non-hydrogen) atoms. The van der Waals surface area contributed by atoms with Crippen molar-refractivity contribution in [2.75, 3.05) is 12.5 Å².